The molecule has 3 aromatic rings. The fraction of sp³-hybridized carbons (Fsp3) is 0.211. The van der Waals surface area contributed by atoms with Crippen molar-refractivity contribution in [2.24, 2.45) is 0 Å². The van der Waals surface area contributed by atoms with Crippen LogP contribution >= 0.6 is 0 Å². The SMILES string of the molecule is CNS(=O)(=O)c1ccc(N2CCc3nc(-c4ccccn4)ncc3C2)cc1. The molecular formula is C19H19N5O2S. The van der Waals surface area contributed by atoms with Gasteiger partial charge in [0.05, 0.1) is 10.6 Å². The minimum absolute atomic E-state index is 0.259. The standard InChI is InChI=1S/C19H19N5O2S/c1-20-27(25,26)16-7-5-15(6-8-16)24-11-9-17-14(13-24)12-22-19(23-17)18-4-2-3-10-21-18/h2-8,10,12,20H,9,11,13H2,1H3. The minimum Gasteiger partial charge on any atom is -0.367 e. The summed E-state index contributed by atoms with van der Waals surface area (Å²) in [5.74, 6) is 0.643. The molecule has 27 heavy (non-hydrogen) atoms. The van der Waals surface area contributed by atoms with E-state index in [1.54, 1.807) is 18.3 Å². The Kier molecular flexibility index (Phi) is 4.59. The van der Waals surface area contributed by atoms with Crippen molar-refractivity contribution in [2.45, 2.75) is 17.9 Å². The van der Waals surface area contributed by atoms with Gasteiger partial charge in [-0.2, -0.15) is 0 Å². The Balaban J connectivity index is 1.55. The van der Waals surface area contributed by atoms with Gasteiger partial charge in [0, 0.05) is 43.2 Å². The predicted octanol–water partition coefficient (Wildman–Crippen LogP) is 2.01. The smallest absolute Gasteiger partial charge is 0.240 e. The highest BCUT2D eigenvalue weighted by Crippen LogP contribution is 2.25. The molecule has 0 unspecified atom stereocenters. The van der Waals surface area contributed by atoms with Gasteiger partial charge in [-0.05, 0) is 43.4 Å². The maximum atomic E-state index is 11.9. The molecule has 0 amide bonds. The van der Waals surface area contributed by atoms with Crippen molar-refractivity contribution in [3.63, 3.8) is 0 Å². The number of sulfonamides is 1. The monoisotopic (exact) mass is 381 g/mol. The van der Waals surface area contributed by atoms with Crippen LogP contribution in [0.4, 0.5) is 5.69 Å². The van der Waals surface area contributed by atoms with E-state index in [1.165, 1.54) is 7.05 Å². The number of benzene rings is 1. The van der Waals surface area contributed by atoms with Gasteiger partial charge < -0.3 is 4.90 Å². The molecule has 0 fully saturated rings. The van der Waals surface area contributed by atoms with Crippen LogP contribution < -0.4 is 9.62 Å². The van der Waals surface area contributed by atoms with Crippen molar-refractivity contribution in [3.05, 3.63) is 66.1 Å². The van der Waals surface area contributed by atoms with Crippen LogP contribution in [0.2, 0.25) is 0 Å². The van der Waals surface area contributed by atoms with E-state index in [0.29, 0.717) is 12.4 Å². The van der Waals surface area contributed by atoms with Crippen molar-refractivity contribution in [1.82, 2.24) is 19.7 Å². The Labute approximate surface area is 158 Å². The van der Waals surface area contributed by atoms with E-state index >= 15 is 0 Å². The van der Waals surface area contributed by atoms with Gasteiger partial charge in [-0.3, -0.25) is 4.98 Å². The van der Waals surface area contributed by atoms with Crippen molar-refractivity contribution in [2.75, 3.05) is 18.5 Å². The number of pyridine rings is 1. The van der Waals surface area contributed by atoms with E-state index < -0.39 is 10.0 Å². The highest BCUT2D eigenvalue weighted by molar-refractivity contribution is 7.89. The molecule has 1 aliphatic heterocycles. The molecule has 0 spiro atoms. The average molecular weight is 381 g/mol. The predicted molar refractivity (Wildman–Crippen MR) is 103 cm³/mol. The number of anilines is 1. The van der Waals surface area contributed by atoms with Gasteiger partial charge in [0.1, 0.15) is 5.69 Å². The molecule has 4 rings (SSSR count). The van der Waals surface area contributed by atoms with E-state index in [1.807, 2.05) is 36.5 Å². The summed E-state index contributed by atoms with van der Waals surface area (Å²) in [5, 5.41) is 0. The van der Waals surface area contributed by atoms with Crippen LogP contribution in [-0.2, 0) is 23.0 Å². The molecular weight excluding hydrogens is 362 g/mol. The zero-order valence-corrected chi connectivity index (χ0v) is 15.6. The van der Waals surface area contributed by atoms with Gasteiger partial charge in [0.25, 0.3) is 0 Å². The Morgan fingerprint density at radius 3 is 2.59 bits per heavy atom. The summed E-state index contributed by atoms with van der Waals surface area (Å²) >= 11 is 0. The molecule has 0 saturated carbocycles. The first-order valence-electron chi connectivity index (χ1n) is 8.61. The minimum atomic E-state index is -3.42. The molecule has 0 atom stereocenters. The van der Waals surface area contributed by atoms with Gasteiger partial charge in [-0.15, -0.1) is 0 Å². The highest BCUT2D eigenvalue weighted by atomic mass is 32.2. The third-order valence-electron chi connectivity index (χ3n) is 4.61. The number of nitrogens with one attached hydrogen (secondary N) is 1. The lowest BCUT2D eigenvalue weighted by molar-refractivity contribution is 0.588. The molecule has 7 nitrogen and oxygen atoms in total. The van der Waals surface area contributed by atoms with E-state index in [2.05, 4.69) is 24.6 Å². The first-order valence-corrected chi connectivity index (χ1v) is 10.1. The van der Waals surface area contributed by atoms with Crippen LogP contribution in [0.5, 0.6) is 0 Å². The molecule has 1 aromatic carbocycles. The maximum Gasteiger partial charge on any atom is 0.240 e. The van der Waals surface area contributed by atoms with Crippen LogP contribution in [0.25, 0.3) is 11.5 Å². The van der Waals surface area contributed by atoms with E-state index in [9.17, 15) is 8.42 Å². The van der Waals surface area contributed by atoms with Crippen LogP contribution in [0.15, 0.2) is 59.8 Å². The summed E-state index contributed by atoms with van der Waals surface area (Å²) in [5.41, 5.74) is 3.86. The Morgan fingerprint density at radius 1 is 1.07 bits per heavy atom. The van der Waals surface area contributed by atoms with E-state index in [4.69, 9.17) is 0 Å². The molecule has 0 saturated heterocycles. The number of aromatic nitrogens is 3. The Hall–Kier alpha value is -2.84. The maximum absolute atomic E-state index is 11.9. The van der Waals surface area contributed by atoms with Crippen molar-refractivity contribution >= 4 is 15.7 Å². The Bertz CT molecular complexity index is 1050. The zero-order chi connectivity index (χ0) is 18.9. The lowest BCUT2D eigenvalue weighted by Crippen LogP contribution is -2.31. The second kappa shape index (κ2) is 7.05. The van der Waals surface area contributed by atoms with Crippen molar-refractivity contribution < 1.29 is 8.42 Å². The van der Waals surface area contributed by atoms with E-state index in [-0.39, 0.29) is 4.90 Å². The molecule has 3 heterocycles. The third-order valence-corrected chi connectivity index (χ3v) is 6.04. The molecule has 0 bridgehead atoms. The lowest BCUT2D eigenvalue weighted by atomic mass is 10.1. The lowest BCUT2D eigenvalue weighted by Gasteiger charge is -2.30. The van der Waals surface area contributed by atoms with Crippen LogP contribution in [0.3, 0.4) is 0 Å². The second-order valence-corrected chi connectivity index (χ2v) is 8.14. The molecule has 1 N–H and O–H groups in total. The summed E-state index contributed by atoms with van der Waals surface area (Å²) in [6, 6.07) is 12.6. The van der Waals surface area contributed by atoms with E-state index in [0.717, 1.165) is 35.6 Å². The van der Waals surface area contributed by atoms with Crippen LogP contribution in [0.1, 0.15) is 11.3 Å². The molecule has 2 aromatic heterocycles. The third kappa shape index (κ3) is 3.54. The largest absolute Gasteiger partial charge is 0.367 e. The quantitative estimate of drug-likeness (QED) is 0.744. The molecule has 138 valence electrons. The fourth-order valence-electron chi connectivity index (χ4n) is 3.11. The topological polar surface area (TPSA) is 88.1 Å². The zero-order valence-electron chi connectivity index (χ0n) is 14.8. The van der Waals surface area contributed by atoms with Gasteiger partial charge in [0.2, 0.25) is 10.0 Å². The number of nitrogens with zero attached hydrogens (tertiary/aromatic N) is 4. The number of hydrogen-bond donors (Lipinski definition) is 1. The van der Waals surface area contributed by atoms with Crippen LogP contribution in [0, 0.1) is 0 Å². The first kappa shape index (κ1) is 17.6. The number of fused-ring (bicyclic) bond motifs is 1. The van der Waals surface area contributed by atoms with Gasteiger partial charge >= 0.3 is 0 Å². The average Bonchev–Trinajstić information content (AvgIpc) is 2.73. The normalized spacial score (nSPS) is 14.0. The summed E-state index contributed by atoms with van der Waals surface area (Å²) < 4.78 is 26.0. The summed E-state index contributed by atoms with van der Waals surface area (Å²) in [4.78, 5) is 15.9. The van der Waals surface area contributed by atoms with Crippen molar-refractivity contribution in [1.29, 1.82) is 0 Å². The molecule has 0 aliphatic carbocycles. The molecule has 8 heteroatoms. The number of rotatable bonds is 4. The first-order chi connectivity index (χ1) is 13.1. The second-order valence-electron chi connectivity index (χ2n) is 6.25. The van der Waals surface area contributed by atoms with Crippen molar-refractivity contribution in [3.8, 4) is 11.5 Å². The molecule has 1 aliphatic rings. The van der Waals surface area contributed by atoms with Crippen LogP contribution in [-0.4, -0.2) is 37.0 Å². The Morgan fingerprint density at radius 2 is 1.89 bits per heavy atom. The van der Waals surface area contributed by atoms with Gasteiger partial charge in [-0.1, -0.05) is 6.07 Å². The summed E-state index contributed by atoms with van der Waals surface area (Å²) in [7, 11) is -2.01. The summed E-state index contributed by atoms with van der Waals surface area (Å²) in [6.45, 7) is 1.50. The number of hydrogen-bond acceptors (Lipinski definition) is 6. The summed E-state index contributed by atoms with van der Waals surface area (Å²) in [6.07, 6.45) is 4.39. The fourth-order valence-corrected chi connectivity index (χ4v) is 3.84. The van der Waals surface area contributed by atoms with Gasteiger partial charge in [-0.25, -0.2) is 23.1 Å². The molecule has 0 radical (unpaired) electrons. The van der Waals surface area contributed by atoms with Gasteiger partial charge in [0.15, 0.2) is 5.82 Å². The highest BCUT2D eigenvalue weighted by Gasteiger charge is 2.20.